The van der Waals surface area contributed by atoms with Gasteiger partial charge in [-0.1, -0.05) is 12.1 Å². The number of para-hydroxylation sites is 1. The van der Waals surface area contributed by atoms with Crippen molar-refractivity contribution in [1.29, 1.82) is 0 Å². The van der Waals surface area contributed by atoms with Crippen LogP contribution in [0.15, 0.2) is 61.2 Å². The van der Waals surface area contributed by atoms with Crippen LogP contribution in [0.3, 0.4) is 0 Å². The van der Waals surface area contributed by atoms with Crippen molar-refractivity contribution in [1.82, 2.24) is 40.0 Å². The molecule has 0 bridgehead atoms. The summed E-state index contributed by atoms with van der Waals surface area (Å²) in [6.45, 7) is -3.03. The number of imidazole rings is 1. The molecule has 14 heteroatoms. The van der Waals surface area contributed by atoms with Gasteiger partial charge in [0.2, 0.25) is 0 Å². The molecule has 6 rings (SSSR count). The van der Waals surface area contributed by atoms with Gasteiger partial charge in [0.05, 0.1) is 23.4 Å². The molecule has 0 radical (unpaired) electrons. The number of nitrogens with zero attached hydrogens (tertiary/aromatic N) is 6. The van der Waals surface area contributed by atoms with E-state index in [2.05, 4.69) is 30.5 Å². The number of aromatic amines is 1. The molecule has 1 aliphatic rings. The van der Waals surface area contributed by atoms with Crippen molar-refractivity contribution >= 4 is 16.9 Å². The van der Waals surface area contributed by atoms with E-state index in [1.165, 1.54) is 18.6 Å². The number of H-pyrrole nitrogens is 1. The third kappa shape index (κ3) is 5.52. The number of hydrogen-bond donors (Lipinski definition) is 2. The molecule has 4 aromatic heterocycles. The SMILES string of the molecule is COC1CC(NC(=O)c2cc(F)ccn2)CC(n2c(-c3ccccc3OC(F)F)nc3cnc(-c4ncn[nH]4)cc32)C1. The summed E-state index contributed by atoms with van der Waals surface area (Å²) < 4.78 is 53.0. The lowest BCUT2D eigenvalue weighted by molar-refractivity contribution is -0.0494. The maximum absolute atomic E-state index is 13.7. The van der Waals surface area contributed by atoms with Gasteiger partial charge >= 0.3 is 6.61 Å². The van der Waals surface area contributed by atoms with Gasteiger partial charge in [0.1, 0.15) is 40.6 Å². The molecule has 0 aliphatic heterocycles. The van der Waals surface area contributed by atoms with E-state index < -0.39 is 18.3 Å². The molecule has 42 heavy (non-hydrogen) atoms. The number of hydrogen-bond acceptors (Lipinski definition) is 8. The first-order valence-electron chi connectivity index (χ1n) is 13.1. The summed E-state index contributed by atoms with van der Waals surface area (Å²) in [5.41, 5.74) is 2.01. The molecule has 0 spiro atoms. The first-order chi connectivity index (χ1) is 20.4. The number of carbonyl (C=O) groups is 1. The smallest absolute Gasteiger partial charge is 0.387 e. The van der Waals surface area contributed by atoms with E-state index in [1.54, 1.807) is 37.6 Å². The number of aromatic nitrogens is 7. The van der Waals surface area contributed by atoms with Crippen molar-refractivity contribution in [3.63, 3.8) is 0 Å². The quantitative estimate of drug-likeness (QED) is 0.274. The van der Waals surface area contributed by atoms with Gasteiger partial charge in [-0.3, -0.25) is 19.9 Å². The van der Waals surface area contributed by atoms with Gasteiger partial charge in [-0.05, 0) is 43.5 Å². The fraction of sp³-hybridized carbons (Fsp3) is 0.286. The first-order valence-corrected chi connectivity index (χ1v) is 13.1. The van der Waals surface area contributed by atoms with E-state index in [4.69, 9.17) is 14.5 Å². The summed E-state index contributed by atoms with van der Waals surface area (Å²) in [4.78, 5) is 30.4. The van der Waals surface area contributed by atoms with Crippen LogP contribution in [0.2, 0.25) is 0 Å². The highest BCUT2D eigenvalue weighted by molar-refractivity contribution is 5.92. The Kier molecular flexibility index (Phi) is 7.52. The second-order valence-corrected chi connectivity index (χ2v) is 9.82. The lowest BCUT2D eigenvalue weighted by atomic mass is 9.88. The van der Waals surface area contributed by atoms with E-state index in [9.17, 15) is 18.0 Å². The summed E-state index contributed by atoms with van der Waals surface area (Å²) in [7, 11) is 1.59. The fourth-order valence-electron chi connectivity index (χ4n) is 5.41. The molecule has 1 aromatic carbocycles. The van der Waals surface area contributed by atoms with Crippen LogP contribution >= 0.6 is 0 Å². The van der Waals surface area contributed by atoms with Crippen molar-refractivity contribution in [2.24, 2.45) is 0 Å². The lowest BCUT2D eigenvalue weighted by Crippen LogP contribution is -2.43. The Morgan fingerprint density at radius 2 is 1.98 bits per heavy atom. The molecule has 11 nitrogen and oxygen atoms in total. The van der Waals surface area contributed by atoms with Crippen LogP contribution in [-0.2, 0) is 4.74 Å². The van der Waals surface area contributed by atoms with Crippen molar-refractivity contribution < 1.29 is 27.4 Å². The lowest BCUT2D eigenvalue weighted by Gasteiger charge is -2.36. The maximum Gasteiger partial charge on any atom is 0.387 e. The average molecular weight is 579 g/mol. The predicted octanol–water partition coefficient (Wildman–Crippen LogP) is 4.56. The topological polar surface area (TPSA) is 133 Å². The van der Waals surface area contributed by atoms with Gasteiger partial charge in [-0.25, -0.2) is 14.4 Å². The molecule has 3 unspecified atom stereocenters. The summed E-state index contributed by atoms with van der Waals surface area (Å²) in [5, 5.41) is 9.65. The molecule has 2 N–H and O–H groups in total. The number of methoxy groups -OCH3 is 1. The van der Waals surface area contributed by atoms with Gasteiger partial charge in [0.25, 0.3) is 5.91 Å². The van der Waals surface area contributed by atoms with Gasteiger partial charge < -0.3 is 19.4 Å². The molecule has 4 heterocycles. The Morgan fingerprint density at radius 1 is 1.12 bits per heavy atom. The number of carbonyl (C=O) groups excluding carboxylic acids is 1. The minimum Gasteiger partial charge on any atom is -0.434 e. The van der Waals surface area contributed by atoms with E-state index in [0.717, 1.165) is 12.1 Å². The van der Waals surface area contributed by atoms with Crippen LogP contribution in [-0.4, -0.2) is 66.5 Å². The van der Waals surface area contributed by atoms with Crippen LogP contribution in [0, 0.1) is 5.82 Å². The van der Waals surface area contributed by atoms with Crippen LogP contribution in [0.25, 0.3) is 33.9 Å². The number of pyridine rings is 2. The second-order valence-electron chi connectivity index (χ2n) is 9.82. The average Bonchev–Trinajstić information content (AvgIpc) is 3.65. The fourth-order valence-corrected chi connectivity index (χ4v) is 5.41. The molecular formula is C28H25F3N8O3. The Balaban J connectivity index is 1.44. The van der Waals surface area contributed by atoms with E-state index in [1.807, 2.05) is 4.57 Å². The second kappa shape index (κ2) is 11.6. The normalized spacial score (nSPS) is 18.8. The highest BCUT2D eigenvalue weighted by Crippen LogP contribution is 2.40. The van der Waals surface area contributed by atoms with Gasteiger partial charge in [-0.2, -0.15) is 13.9 Å². The summed E-state index contributed by atoms with van der Waals surface area (Å²) in [6.07, 6.45) is 5.40. The predicted molar refractivity (Wildman–Crippen MR) is 144 cm³/mol. The number of halogens is 3. The minimum atomic E-state index is -3.03. The zero-order valence-electron chi connectivity index (χ0n) is 22.2. The van der Waals surface area contributed by atoms with Gasteiger partial charge in [0.15, 0.2) is 5.82 Å². The molecule has 1 aliphatic carbocycles. The van der Waals surface area contributed by atoms with Gasteiger partial charge in [0, 0.05) is 31.5 Å². The van der Waals surface area contributed by atoms with E-state index >= 15 is 0 Å². The number of amides is 1. The standard InChI is InChI=1S/C28H25F3N8O3/c1-41-18-10-16(36-27(40)21-8-15(29)6-7-32-21)9-17(11-18)39-23-12-20(25-34-14-35-38-25)33-13-22(23)37-26(39)19-4-2-3-5-24(19)42-28(30)31/h2-8,12-14,16-18,28H,9-11H2,1H3,(H,36,40)(H,34,35,38). The number of fused-ring (bicyclic) bond motifs is 1. The Morgan fingerprint density at radius 3 is 2.74 bits per heavy atom. The first kappa shape index (κ1) is 27.3. The molecule has 1 fully saturated rings. The third-order valence-corrected chi connectivity index (χ3v) is 7.20. The molecular weight excluding hydrogens is 553 g/mol. The zero-order chi connectivity index (χ0) is 29.2. The number of benzene rings is 1. The van der Waals surface area contributed by atoms with Gasteiger partial charge in [-0.15, -0.1) is 0 Å². The number of alkyl halides is 2. The molecule has 3 atom stereocenters. The minimum absolute atomic E-state index is 0.0337. The third-order valence-electron chi connectivity index (χ3n) is 7.20. The monoisotopic (exact) mass is 578 g/mol. The van der Waals surface area contributed by atoms with Crippen molar-refractivity contribution in [3.8, 4) is 28.7 Å². The Hall–Kier alpha value is -4.85. The summed E-state index contributed by atoms with van der Waals surface area (Å²) >= 11 is 0. The van der Waals surface area contributed by atoms with E-state index in [0.29, 0.717) is 53.2 Å². The number of ether oxygens (including phenoxy) is 2. The largest absolute Gasteiger partial charge is 0.434 e. The van der Waals surface area contributed by atoms with Crippen LogP contribution in [0.1, 0.15) is 35.8 Å². The highest BCUT2D eigenvalue weighted by atomic mass is 19.3. The molecule has 5 aromatic rings. The van der Waals surface area contributed by atoms with Crippen LogP contribution in [0.4, 0.5) is 13.2 Å². The number of nitrogens with one attached hydrogen (secondary N) is 2. The van der Waals surface area contributed by atoms with Crippen LogP contribution < -0.4 is 10.1 Å². The van der Waals surface area contributed by atoms with Crippen molar-refractivity contribution in [3.05, 3.63) is 72.7 Å². The molecule has 0 saturated heterocycles. The highest BCUT2D eigenvalue weighted by Gasteiger charge is 2.34. The summed E-state index contributed by atoms with van der Waals surface area (Å²) in [6, 6.07) is 9.78. The Labute approximate surface area is 237 Å². The molecule has 1 saturated carbocycles. The van der Waals surface area contributed by atoms with Crippen molar-refractivity contribution in [2.75, 3.05) is 7.11 Å². The maximum atomic E-state index is 13.7. The zero-order valence-corrected chi connectivity index (χ0v) is 22.2. The summed E-state index contributed by atoms with van der Waals surface area (Å²) in [5.74, 6) is -0.288. The van der Waals surface area contributed by atoms with E-state index in [-0.39, 0.29) is 29.6 Å². The van der Waals surface area contributed by atoms with Crippen molar-refractivity contribution in [2.45, 2.75) is 44.1 Å². The Bertz CT molecular complexity index is 1710. The van der Waals surface area contributed by atoms with Crippen LogP contribution in [0.5, 0.6) is 5.75 Å². The molecule has 216 valence electrons. The number of rotatable bonds is 8. The molecule has 1 amide bonds.